The van der Waals surface area contributed by atoms with Gasteiger partial charge in [0.2, 0.25) is 0 Å². The van der Waals surface area contributed by atoms with Crippen molar-refractivity contribution in [2.75, 3.05) is 13.2 Å². The van der Waals surface area contributed by atoms with E-state index in [-0.39, 0.29) is 11.3 Å². The Morgan fingerprint density at radius 3 is 2.62 bits per heavy atom. The molecule has 0 radical (unpaired) electrons. The molecule has 0 spiro atoms. The molecule has 1 aromatic carbocycles. The highest BCUT2D eigenvalue weighted by molar-refractivity contribution is 7.20. The van der Waals surface area contributed by atoms with E-state index in [4.69, 9.17) is 21.2 Å². The Morgan fingerprint density at radius 2 is 2.00 bits per heavy atom. The largest absolute Gasteiger partial charge is 0.507 e. The number of hydrogen-bond donors (Lipinski definition) is 2. The fraction of sp³-hybridized carbons (Fsp3) is 0.143. The highest BCUT2D eigenvalue weighted by Crippen LogP contribution is 2.54. The lowest BCUT2D eigenvalue weighted by Gasteiger charge is -2.17. The second kappa shape index (κ2) is 5.00. The van der Waals surface area contributed by atoms with Gasteiger partial charge >= 0.3 is 5.97 Å². The first-order chi connectivity index (χ1) is 10.1. The fourth-order valence-corrected chi connectivity index (χ4v) is 3.03. The van der Waals surface area contributed by atoms with Crippen LogP contribution in [0.1, 0.15) is 10.4 Å². The maximum Gasteiger partial charge on any atom is 0.339 e. The number of phenols is 1. The first-order valence-corrected chi connectivity index (χ1v) is 6.80. The number of nitrogens with zero attached hydrogens (tertiary/aromatic N) is 1. The van der Waals surface area contributed by atoms with Crippen LogP contribution >= 0.6 is 11.3 Å². The first kappa shape index (κ1) is 13.3. The van der Waals surface area contributed by atoms with Crippen LogP contribution in [0, 0.1) is 6.57 Å². The van der Waals surface area contributed by atoms with E-state index in [1.54, 1.807) is 6.07 Å². The fourth-order valence-electron chi connectivity index (χ4n) is 2.05. The molecule has 0 atom stereocenters. The van der Waals surface area contributed by atoms with Crippen molar-refractivity contribution in [2.45, 2.75) is 0 Å². The molecular weight excluding hydrogens is 294 g/mol. The Kier molecular flexibility index (Phi) is 3.16. The number of fused-ring (bicyclic) bond motifs is 1. The SMILES string of the molecule is [C-]#[N+]c1sc(-c2ccc(C(=O)O)c(O)c2)c2c1OCCO2. The molecule has 3 rings (SSSR count). The maximum atomic E-state index is 10.9. The quantitative estimate of drug-likeness (QED) is 0.833. The average molecular weight is 303 g/mol. The molecule has 0 unspecified atom stereocenters. The third-order valence-electron chi connectivity index (χ3n) is 2.97. The van der Waals surface area contributed by atoms with Crippen LogP contribution in [-0.2, 0) is 0 Å². The summed E-state index contributed by atoms with van der Waals surface area (Å²) in [7, 11) is 0. The molecule has 7 heteroatoms. The summed E-state index contributed by atoms with van der Waals surface area (Å²) >= 11 is 1.19. The van der Waals surface area contributed by atoms with Crippen LogP contribution in [0.25, 0.3) is 15.3 Å². The van der Waals surface area contributed by atoms with Gasteiger partial charge in [0.15, 0.2) is 11.5 Å². The monoisotopic (exact) mass is 303 g/mol. The molecule has 0 amide bonds. The van der Waals surface area contributed by atoms with E-state index in [1.807, 2.05) is 0 Å². The van der Waals surface area contributed by atoms with E-state index in [1.165, 1.54) is 23.5 Å². The van der Waals surface area contributed by atoms with Crippen LogP contribution in [-0.4, -0.2) is 29.4 Å². The summed E-state index contributed by atoms with van der Waals surface area (Å²) in [5.74, 6) is -0.644. The van der Waals surface area contributed by atoms with Crippen molar-refractivity contribution in [1.82, 2.24) is 0 Å². The normalized spacial score (nSPS) is 12.7. The van der Waals surface area contributed by atoms with Crippen molar-refractivity contribution in [3.05, 3.63) is 35.2 Å². The molecule has 2 N–H and O–H groups in total. The van der Waals surface area contributed by atoms with Crippen molar-refractivity contribution >= 4 is 22.3 Å². The lowest BCUT2D eigenvalue weighted by atomic mass is 10.1. The second-order valence-corrected chi connectivity index (χ2v) is 5.24. The second-order valence-electron chi connectivity index (χ2n) is 4.24. The summed E-state index contributed by atoms with van der Waals surface area (Å²) in [4.78, 5) is 15.0. The zero-order valence-corrected chi connectivity index (χ0v) is 11.4. The van der Waals surface area contributed by atoms with E-state index in [0.717, 1.165) is 0 Å². The molecule has 0 saturated heterocycles. The van der Waals surface area contributed by atoms with E-state index in [2.05, 4.69) is 4.85 Å². The summed E-state index contributed by atoms with van der Waals surface area (Å²) < 4.78 is 11.0. The van der Waals surface area contributed by atoms with Crippen molar-refractivity contribution < 1.29 is 24.5 Å². The van der Waals surface area contributed by atoms with Crippen LogP contribution < -0.4 is 9.47 Å². The molecular formula is C14H9NO5S. The van der Waals surface area contributed by atoms with E-state index in [0.29, 0.717) is 40.2 Å². The van der Waals surface area contributed by atoms with E-state index < -0.39 is 5.97 Å². The zero-order valence-electron chi connectivity index (χ0n) is 10.6. The molecule has 1 aliphatic heterocycles. The third-order valence-corrected chi connectivity index (χ3v) is 4.07. The molecule has 2 aromatic rings. The summed E-state index contributed by atoms with van der Waals surface area (Å²) in [6, 6.07) is 4.24. The Labute approximate surface area is 123 Å². The molecule has 21 heavy (non-hydrogen) atoms. The number of benzene rings is 1. The average Bonchev–Trinajstić information content (AvgIpc) is 2.85. The summed E-state index contributed by atoms with van der Waals surface area (Å²) in [5.41, 5.74) is 0.408. The molecule has 0 aliphatic carbocycles. The molecule has 1 aliphatic rings. The van der Waals surface area contributed by atoms with E-state index in [9.17, 15) is 9.90 Å². The van der Waals surface area contributed by atoms with Gasteiger partial charge in [-0.2, -0.15) is 0 Å². The number of carbonyl (C=O) groups is 1. The summed E-state index contributed by atoms with van der Waals surface area (Å²) in [5, 5.41) is 19.1. The first-order valence-electron chi connectivity index (χ1n) is 5.98. The standard InChI is InChI=1S/C14H9NO5S/c1-15-13-11-10(19-4-5-20-11)12(21-13)7-2-3-8(14(17)18)9(16)6-7/h2-3,6,16H,4-5H2,(H,17,18). The summed E-state index contributed by atoms with van der Waals surface area (Å²) in [6.07, 6.45) is 0. The highest BCUT2D eigenvalue weighted by Gasteiger charge is 2.25. The molecule has 2 heterocycles. The number of rotatable bonds is 2. The Balaban J connectivity index is 2.13. The van der Waals surface area contributed by atoms with Crippen molar-refractivity contribution in [3.63, 3.8) is 0 Å². The lowest BCUT2D eigenvalue weighted by molar-refractivity contribution is 0.0694. The van der Waals surface area contributed by atoms with Gasteiger partial charge in [-0.3, -0.25) is 0 Å². The van der Waals surface area contributed by atoms with Gasteiger partial charge in [-0.25, -0.2) is 9.64 Å². The number of carboxylic acids is 1. The molecule has 0 bridgehead atoms. The number of ether oxygens (including phenoxy) is 2. The minimum Gasteiger partial charge on any atom is -0.507 e. The van der Waals surface area contributed by atoms with Crippen LogP contribution in [0.4, 0.5) is 5.00 Å². The van der Waals surface area contributed by atoms with Crippen molar-refractivity contribution in [1.29, 1.82) is 0 Å². The van der Waals surface area contributed by atoms with Crippen molar-refractivity contribution in [2.24, 2.45) is 0 Å². The number of aromatic carboxylic acids is 1. The van der Waals surface area contributed by atoms with Gasteiger partial charge in [0.05, 0.1) is 11.4 Å². The lowest BCUT2D eigenvalue weighted by Crippen LogP contribution is -2.14. The minimum absolute atomic E-state index is 0.174. The number of aromatic hydroxyl groups is 1. The Hall–Kier alpha value is -2.72. The van der Waals surface area contributed by atoms with Crippen LogP contribution in [0.2, 0.25) is 0 Å². The van der Waals surface area contributed by atoms with Gasteiger partial charge in [0, 0.05) is 0 Å². The predicted molar refractivity (Wildman–Crippen MR) is 75.6 cm³/mol. The molecule has 1 aromatic heterocycles. The minimum atomic E-state index is -1.20. The van der Waals surface area contributed by atoms with Gasteiger partial charge in [-0.15, -0.1) is 11.3 Å². The van der Waals surface area contributed by atoms with Gasteiger partial charge < -0.3 is 19.7 Å². The van der Waals surface area contributed by atoms with Crippen molar-refractivity contribution in [3.8, 4) is 27.7 Å². The number of thiophene rings is 1. The van der Waals surface area contributed by atoms with Gasteiger partial charge in [-0.05, 0) is 17.7 Å². The third kappa shape index (κ3) is 2.15. The van der Waals surface area contributed by atoms with Crippen LogP contribution in [0.5, 0.6) is 17.2 Å². The molecule has 6 nitrogen and oxygen atoms in total. The Morgan fingerprint density at radius 1 is 1.29 bits per heavy atom. The Bertz CT molecular complexity index is 774. The van der Waals surface area contributed by atoms with Gasteiger partial charge in [-0.1, -0.05) is 6.07 Å². The van der Waals surface area contributed by atoms with Gasteiger partial charge in [0.25, 0.3) is 5.00 Å². The number of hydrogen-bond acceptors (Lipinski definition) is 5. The number of carboxylic acid groups (broad SMARTS) is 1. The molecule has 0 fully saturated rings. The topological polar surface area (TPSA) is 80.4 Å². The van der Waals surface area contributed by atoms with Gasteiger partial charge in [0.1, 0.15) is 24.5 Å². The highest BCUT2D eigenvalue weighted by atomic mass is 32.1. The summed E-state index contributed by atoms with van der Waals surface area (Å²) in [6.45, 7) is 7.93. The molecule has 106 valence electrons. The smallest absolute Gasteiger partial charge is 0.339 e. The predicted octanol–water partition coefficient (Wildman–Crippen LogP) is 3.14. The molecule has 0 saturated carbocycles. The van der Waals surface area contributed by atoms with Crippen LogP contribution in [0.3, 0.4) is 0 Å². The van der Waals surface area contributed by atoms with E-state index >= 15 is 0 Å². The van der Waals surface area contributed by atoms with Crippen LogP contribution in [0.15, 0.2) is 18.2 Å². The zero-order chi connectivity index (χ0) is 15.0. The maximum absolute atomic E-state index is 10.9.